The molecule has 0 spiro atoms. The van der Waals surface area contributed by atoms with Crippen molar-refractivity contribution < 1.29 is 44.0 Å². The molecular weight excluding hydrogens is 358 g/mol. The number of carbonyl (C=O) groups is 1. The van der Waals surface area contributed by atoms with Crippen LogP contribution in [0, 0.1) is 6.92 Å². The minimum Gasteiger partial charge on any atom is -1.00 e. The van der Waals surface area contributed by atoms with E-state index in [2.05, 4.69) is 6.92 Å². The molecule has 0 heterocycles. The van der Waals surface area contributed by atoms with E-state index in [-0.39, 0.29) is 34.4 Å². The standard InChI is InChI=1S/C20H25O5P.Li.H/c1-6-9-25-14-7-8-18(13(2)10-14)26-20(21)19-16(23-4)11-15(22-3)12-17(19)24-5;;/h7-8,10-12,26H,6,9H2,1-5H3;;/q;+1;-1. The molecule has 0 aromatic heterocycles. The monoisotopic (exact) mass is 384 g/mol. The van der Waals surface area contributed by atoms with Crippen LogP contribution < -0.4 is 43.1 Å². The minimum absolute atomic E-state index is 0. The van der Waals surface area contributed by atoms with Crippen molar-refractivity contribution >= 4 is 19.4 Å². The number of ether oxygens (including phenoxy) is 4. The summed E-state index contributed by atoms with van der Waals surface area (Å²) in [6.45, 7) is 4.73. The van der Waals surface area contributed by atoms with Crippen LogP contribution in [-0.4, -0.2) is 33.5 Å². The van der Waals surface area contributed by atoms with E-state index in [1.54, 1.807) is 19.2 Å². The molecule has 0 aliphatic heterocycles. The summed E-state index contributed by atoms with van der Waals surface area (Å²) in [7, 11) is 4.57. The van der Waals surface area contributed by atoms with Gasteiger partial charge in [0.15, 0.2) is 5.52 Å². The molecule has 0 fully saturated rings. The van der Waals surface area contributed by atoms with Crippen LogP contribution in [0.4, 0.5) is 0 Å². The minimum atomic E-state index is -0.0494. The maximum Gasteiger partial charge on any atom is 1.00 e. The van der Waals surface area contributed by atoms with Crippen LogP contribution in [0.15, 0.2) is 30.3 Å². The summed E-state index contributed by atoms with van der Waals surface area (Å²) in [5.74, 6) is 2.29. The van der Waals surface area contributed by atoms with Crippen molar-refractivity contribution in [1.29, 1.82) is 0 Å². The summed E-state index contributed by atoms with van der Waals surface area (Å²) in [5, 5.41) is 0.971. The second-order valence-electron chi connectivity index (χ2n) is 5.69. The summed E-state index contributed by atoms with van der Waals surface area (Å²) in [6.07, 6.45) is 0.956. The van der Waals surface area contributed by atoms with E-state index in [1.807, 2.05) is 25.1 Å². The Morgan fingerprint density at radius 1 is 1.00 bits per heavy atom. The number of rotatable bonds is 9. The van der Waals surface area contributed by atoms with E-state index in [4.69, 9.17) is 18.9 Å². The zero-order chi connectivity index (χ0) is 19.1. The Morgan fingerprint density at radius 2 is 1.63 bits per heavy atom. The van der Waals surface area contributed by atoms with E-state index < -0.39 is 0 Å². The molecule has 0 bridgehead atoms. The Kier molecular flexibility index (Phi) is 9.73. The van der Waals surface area contributed by atoms with Gasteiger partial charge in [0, 0.05) is 12.1 Å². The van der Waals surface area contributed by atoms with E-state index >= 15 is 0 Å². The third kappa shape index (κ3) is 5.91. The summed E-state index contributed by atoms with van der Waals surface area (Å²) in [4.78, 5) is 13.0. The van der Waals surface area contributed by atoms with Gasteiger partial charge in [-0.05, 0) is 44.9 Å². The van der Waals surface area contributed by atoms with Gasteiger partial charge < -0.3 is 20.4 Å². The molecule has 7 heteroatoms. The molecule has 0 N–H and O–H groups in total. The molecule has 2 aromatic rings. The van der Waals surface area contributed by atoms with Gasteiger partial charge in [-0.25, -0.2) is 0 Å². The maximum atomic E-state index is 13.0. The van der Waals surface area contributed by atoms with Crippen LogP contribution in [0.2, 0.25) is 0 Å². The van der Waals surface area contributed by atoms with Crippen LogP contribution in [0.3, 0.4) is 0 Å². The number of carbonyl (C=O) groups excluding carboxylic acids is 1. The van der Waals surface area contributed by atoms with E-state index in [0.29, 0.717) is 29.4 Å². The van der Waals surface area contributed by atoms with Crippen LogP contribution in [0.1, 0.15) is 30.7 Å². The van der Waals surface area contributed by atoms with Gasteiger partial charge in [0.25, 0.3) is 0 Å². The second-order valence-corrected chi connectivity index (χ2v) is 6.93. The fourth-order valence-corrected chi connectivity index (χ4v) is 3.55. The SMILES string of the molecule is CCCOc1ccc(PC(=O)c2c(OC)cc(OC)cc2OC)c(C)c1.[H-].[Li+]. The van der Waals surface area contributed by atoms with Crippen LogP contribution in [0.5, 0.6) is 23.0 Å². The first kappa shape index (κ1) is 23.4. The van der Waals surface area contributed by atoms with Gasteiger partial charge >= 0.3 is 18.9 Å². The van der Waals surface area contributed by atoms with Crippen molar-refractivity contribution in [3.63, 3.8) is 0 Å². The Hall–Kier alpha value is -1.66. The van der Waals surface area contributed by atoms with Gasteiger partial charge in [-0.1, -0.05) is 13.0 Å². The topological polar surface area (TPSA) is 54.0 Å². The summed E-state index contributed by atoms with van der Waals surface area (Å²) < 4.78 is 21.6. The smallest absolute Gasteiger partial charge is 1.00 e. The Morgan fingerprint density at radius 3 is 2.11 bits per heavy atom. The quantitative estimate of drug-likeness (QED) is 0.478. The van der Waals surface area contributed by atoms with E-state index in [1.165, 1.54) is 14.2 Å². The van der Waals surface area contributed by atoms with Gasteiger partial charge in [-0.3, -0.25) is 4.79 Å². The summed E-state index contributed by atoms with van der Waals surface area (Å²) in [5.41, 5.74) is 1.41. The molecular formula is C20H26LiO5P. The molecule has 0 saturated carbocycles. The first-order valence-corrected chi connectivity index (χ1v) is 9.38. The number of hydrogen-bond donors (Lipinski definition) is 0. The summed E-state index contributed by atoms with van der Waals surface area (Å²) >= 11 is 0. The predicted octanol–water partition coefficient (Wildman–Crippen LogP) is 1.07. The van der Waals surface area contributed by atoms with Crippen LogP contribution in [-0.2, 0) is 0 Å². The van der Waals surface area contributed by atoms with Crippen molar-refractivity contribution in [2.75, 3.05) is 27.9 Å². The van der Waals surface area contributed by atoms with Crippen LogP contribution in [0.25, 0.3) is 0 Å². The maximum absolute atomic E-state index is 13.0. The van der Waals surface area contributed by atoms with Gasteiger partial charge in [0.1, 0.15) is 28.6 Å². The number of aryl methyl sites for hydroxylation is 1. The molecule has 1 atom stereocenters. The van der Waals surface area contributed by atoms with Gasteiger partial charge in [-0.15, -0.1) is 0 Å². The summed E-state index contributed by atoms with van der Waals surface area (Å²) in [6, 6.07) is 9.19. The van der Waals surface area contributed by atoms with Crippen molar-refractivity contribution in [1.82, 2.24) is 0 Å². The molecule has 0 amide bonds. The Bertz CT molecular complexity index is 760. The van der Waals surface area contributed by atoms with Gasteiger partial charge in [-0.2, -0.15) is 0 Å². The predicted molar refractivity (Wildman–Crippen MR) is 106 cm³/mol. The second kappa shape index (κ2) is 11.2. The molecule has 0 radical (unpaired) electrons. The first-order chi connectivity index (χ1) is 12.5. The normalized spacial score (nSPS) is 10.4. The zero-order valence-corrected chi connectivity index (χ0v) is 17.8. The Balaban J connectivity index is 0.00000364. The number of benzene rings is 2. The van der Waals surface area contributed by atoms with Gasteiger partial charge in [0.05, 0.1) is 27.9 Å². The molecule has 142 valence electrons. The third-order valence-electron chi connectivity index (χ3n) is 3.86. The van der Waals surface area contributed by atoms with Crippen molar-refractivity contribution in [2.24, 2.45) is 0 Å². The van der Waals surface area contributed by atoms with Crippen molar-refractivity contribution in [3.05, 3.63) is 41.5 Å². The fraction of sp³-hybridized carbons (Fsp3) is 0.350. The Labute approximate surface area is 176 Å². The third-order valence-corrected chi connectivity index (χ3v) is 5.17. The first-order valence-electron chi connectivity index (χ1n) is 8.38. The average molecular weight is 384 g/mol. The van der Waals surface area contributed by atoms with E-state index in [9.17, 15) is 4.79 Å². The number of methoxy groups -OCH3 is 3. The van der Waals surface area contributed by atoms with E-state index in [0.717, 1.165) is 23.0 Å². The molecule has 5 nitrogen and oxygen atoms in total. The molecule has 2 rings (SSSR count). The molecule has 27 heavy (non-hydrogen) atoms. The number of hydrogen-bond acceptors (Lipinski definition) is 5. The average Bonchev–Trinajstić information content (AvgIpc) is 2.66. The largest absolute Gasteiger partial charge is 1.00 e. The molecule has 1 unspecified atom stereocenters. The van der Waals surface area contributed by atoms with Crippen LogP contribution >= 0.6 is 8.58 Å². The van der Waals surface area contributed by atoms with Gasteiger partial charge in [0.2, 0.25) is 0 Å². The fourth-order valence-electron chi connectivity index (χ4n) is 2.50. The van der Waals surface area contributed by atoms with Crippen molar-refractivity contribution in [2.45, 2.75) is 20.3 Å². The molecule has 0 saturated heterocycles. The zero-order valence-electron chi connectivity index (χ0n) is 17.8. The molecule has 0 aliphatic rings. The molecule has 2 aromatic carbocycles. The van der Waals surface area contributed by atoms with Crippen molar-refractivity contribution in [3.8, 4) is 23.0 Å². The molecule has 0 aliphatic carbocycles.